The summed E-state index contributed by atoms with van der Waals surface area (Å²) in [7, 11) is 1.68. The van der Waals surface area contributed by atoms with Crippen LogP contribution < -0.4 is 0 Å². The highest BCUT2D eigenvalue weighted by molar-refractivity contribution is 6.31. The molecule has 1 aromatic rings. The number of aliphatic hydroxyl groups is 1. The van der Waals surface area contributed by atoms with Gasteiger partial charge >= 0.3 is 0 Å². The maximum absolute atomic E-state index is 10.8. The van der Waals surface area contributed by atoms with E-state index >= 15 is 0 Å². The molecule has 0 spiro atoms. The molecule has 19 heavy (non-hydrogen) atoms. The molecule has 0 radical (unpaired) electrons. The van der Waals surface area contributed by atoms with Crippen LogP contribution in [0.4, 0.5) is 0 Å². The Kier molecular flexibility index (Phi) is 4.54. The minimum absolute atomic E-state index is 0.518. The molecule has 2 rings (SSSR count). The Balaban J connectivity index is 2.30. The van der Waals surface area contributed by atoms with E-state index in [1.54, 1.807) is 18.0 Å². The quantitative estimate of drug-likeness (QED) is 0.925. The summed E-state index contributed by atoms with van der Waals surface area (Å²) in [6.45, 7) is 4.92. The van der Waals surface area contributed by atoms with E-state index in [1.165, 1.54) is 0 Å². The number of nitrogens with zero attached hydrogens (tertiary/aromatic N) is 2. The van der Waals surface area contributed by atoms with Crippen molar-refractivity contribution in [1.82, 2.24) is 9.78 Å². The third kappa shape index (κ3) is 2.67. The zero-order valence-corrected chi connectivity index (χ0v) is 12.7. The molecule has 1 saturated carbocycles. The van der Waals surface area contributed by atoms with Crippen molar-refractivity contribution < 1.29 is 9.84 Å². The standard InChI is InChI=1S/C14H23ClN2O2/c1-4-17-12(11(15)9-16-17)13(18)14(19-3)7-5-10(2)6-8-14/h9-10,13,18H,4-8H2,1-3H3. The van der Waals surface area contributed by atoms with Gasteiger partial charge in [0.1, 0.15) is 6.10 Å². The normalized spacial score (nSPS) is 29.4. The summed E-state index contributed by atoms with van der Waals surface area (Å²) >= 11 is 6.19. The van der Waals surface area contributed by atoms with E-state index in [1.807, 2.05) is 6.92 Å². The molecule has 1 unspecified atom stereocenters. The second-order valence-electron chi connectivity index (χ2n) is 5.55. The van der Waals surface area contributed by atoms with Crippen LogP contribution in [-0.2, 0) is 11.3 Å². The Morgan fingerprint density at radius 2 is 2.21 bits per heavy atom. The second-order valence-corrected chi connectivity index (χ2v) is 5.95. The maximum atomic E-state index is 10.8. The van der Waals surface area contributed by atoms with Gasteiger partial charge in [-0.1, -0.05) is 18.5 Å². The fourth-order valence-corrected chi connectivity index (χ4v) is 3.23. The van der Waals surface area contributed by atoms with E-state index in [9.17, 15) is 5.11 Å². The first-order valence-corrected chi connectivity index (χ1v) is 7.36. The van der Waals surface area contributed by atoms with Crippen LogP contribution in [0.15, 0.2) is 6.20 Å². The van der Waals surface area contributed by atoms with Crippen molar-refractivity contribution >= 4 is 11.6 Å². The summed E-state index contributed by atoms with van der Waals surface area (Å²) in [5.74, 6) is 0.696. The zero-order valence-electron chi connectivity index (χ0n) is 11.9. The number of ether oxygens (including phenoxy) is 1. The molecule has 5 heteroatoms. The molecule has 0 bridgehead atoms. The molecule has 0 aromatic carbocycles. The van der Waals surface area contributed by atoms with Crippen LogP contribution in [0.1, 0.15) is 51.3 Å². The lowest BCUT2D eigenvalue weighted by Gasteiger charge is -2.41. The van der Waals surface area contributed by atoms with Gasteiger partial charge in [-0.25, -0.2) is 0 Å². The van der Waals surface area contributed by atoms with Gasteiger partial charge in [-0.05, 0) is 38.5 Å². The van der Waals surface area contributed by atoms with Crippen LogP contribution in [0.2, 0.25) is 5.02 Å². The first-order valence-electron chi connectivity index (χ1n) is 6.98. The number of aliphatic hydroxyl groups excluding tert-OH is 1. The van der Waals surface area contributed by atoms with E-state index < -0.39 is 11.7 Å². The van der Waals surface area contributed by atoms with Crippen molar-refractivity contribution in [2.24, 2.45) is 5.92 Å². The minimum Gasteiger partial charge on any atom is -0.384 e. The van der Waals surface area contributed by atoms with Gasteiger partial charge in [0.15, 0.2) is 0 Å². The monoisotopic (exact) mass is 286 g/mol. The summed E-state index contributed by atoms with van der Waals surface area (Å²) in [4.78, 5) is 0. The summed E-state index contributed by atoms with van der Waals surface area (Å²) in [5, 5.41) is 15.5. The van der Waals surface area contributed by atoms with Gasteiger partial charge in [-0.15, -0.1) is 0 Å². The minimum atomic E-state index is -0.722. The topological polar surface area (TPSA) is 47.3 Å². The molecular formula is C14H23ClN2O2. The van der Waals surface area contributed by atoms with E-state index in [0.717, 1.165) is 25.7 Å². The number of aromatic nitrogens is 2. The van der Waals surface area contributed by atoms with Crippen LogP contribution in [0.3, 0.4) is 0 Å². The van der Waals surface area contributed by atoms with Crippen molar-refractivity contribution in [1.29, 1.82) is 0 Å². The predicted molar refractivity (Wildman–Crippen MR) is 75.2 cm³/mol. The Morgan fingerprint density at radius 1 is 1.58 bits per heavy atom. The molecule has 1 aliphatic rings. The molecule has 1 aliphatic carbocycles. The van der Waals surface area contributed by atoms with Crippen LogP contribution in [0.5, 0.6) is 0 Å². The van der Waals surface area contributed by atoms with Gasteiger partial charge in [0, 0.05) is 13.7 Å². The smallest absolute Gasteiger partial charge is 0.126 e. The zero-order chi connectivity index (χ0) is 14.0. The lowest BCUT2D eigenvalue weighted by atomic mass is 9.75. The molecule has 1 fully saturated rings. The third-order valence-electron chi connectivity index (χ3n) is 4.42. The van der Waals surface area contributed by atoms with Gasteiger partial charge in [-0.3, -0.25) is 4.68 Å². The molecule has 0 saturated heterocycles. The fraction of sp³-hybridized carbons (Fsp3) is 0.786. The first kappa shape index (κ1) is 14.8. The van der Waals surface area contributed by atoms with E-state index in [-0.39, 0.29) is 0 Å². The lowest BCUT2D eigenvalue weighted by Crippen LogP contribution is -2.42. The van der Waals surface area contributed by atoms with Gasteiger partial charge in [0.2, 0.25) is 0 Å². The molecule has 1 heterocycles. The summed E-state index contributed by atoms with van der Waals surface area (Å²) < 4.78 is 7.47. The fourth-order valence-electron chi connectivity index (χ4n) is 2.98. The van der Waals surface area contributed by atoms with Crippen molar-refractivity contribution in [3.8, 4) is 0 Å². The summed E-state index contributed by atoms with van der Waals surface area (Å²) in [5.41, 5.74) is 0.156. The highest BCUT2D eigenvalue weighted by atomic mass is 35.5. The highest BCUT2D eigenvalue weighted by Gasteiger charge is 2.43. The summed E-state index contributed by atoms with van der Waals surface area (Å²) in [6.07, 6.45) is 4.73. The van der Waals surface area contributed by atoms with E-state index in [4.69, 9.17) is 16.3 Å². The van der Waals surface area contributed by atoms with Crippen molar-refractivity contribution in [3.63, 3.8) is 0 Å². The molecule has 1 aromatic heterocycles. The van der Waals surface area contributed by atoms with Crippen molar-refractivity contribution in [2.45, 2.75) is 57.8 Å². The van der Waals surface area contributed by atoms with E-state index in [2.05, 4.69) is 12.0 Å². The highest BCUT2D eigenvalue weighted by Crippen LogP contribution is 2.44. The molecule has 1 atom stereocenters. The lowest BCUT2D eigenvalue weighted by molar-refractivity contribution is -0.133. The number of aryl methyl sites for hydroxylation is 1. The van der Waals surface area contributed by atoms with Crippen LogP contribution in [-0.4, -0.2) is 27.6 Å². The largest absolute Gasteiger partial charge is 0.384 e. The molecule has 0 aliphatic heterocycles. The molecule has 4 nitrogen and oxygen atoms in total. The molecular weight excluding hydrogens is 264 g/mol. The Labute approximate surface area is 119 Å². The van der Waals surface area contributed by atoms with Crippen LogP contribution >= 0.6 is 11.6 Å². The number of hydrogen-bond acceptors (Lipinski definition) is 3. The number of rotatable bonds is 4. The van der Waals surface area contributed by atoms with Gasteiger partial charge in [0.25, 0.3) is 0 Å². The van der Waals surface area contributed by atoms with Crippen molar-refractivity contribution in [2.75, 3.05) is 7.11 Å². The molecule has 0 amide bonds. The SMILES string of the molecule is CCn1ncc(Cl)c1C(O)C1(OC)CCC(C)CC1. The average molecular weight is 287 g/mol. The predicted octanol–water partition coefficient (Wildman–Crippen LogP) is 3.19. The second kappa shape index (κ2) is 5.81. The van der Waals surface area contributed by atoms with E-state index in [0.29, 0.717) is 23.2 Å². The Hall–Kier alpha value is -0.580. The summed E-state index contributed by atoms with van der Waals surface area (Å²) in [6, 6.07) is 0. The van der Waals surface area contributed by atoms with Crippen LogP contribution in [0, 0.1) is 5.92 Å². The number of methoxy groups -OCH3 is 1. The van der Waals surface area contributed by atoms with Gasteiger partial charge in [0.05, 0.1) is 22.5 Å². The first-order chi connectivity index (χ1) is 9.04. The van der Waals surface area contributed by atoms with Crippen LogP contribution in [0.25, 0.3) is 0 Å². The number of hydrogen-bond donors (Lipinski definition) is 1. The molecule has 1 N–H and O–H groups in total. The molecule has 108 valence electrons. The number of halogens is 1. The van der Waals surface area contributed by atoms with Gasteiger partial charge in [-0.2, -0.15) is 5.10 Å². The van der Waals surface area contributed by atoms with Gasteiger partial charge < -0.3 is 9.84 Å². The Bertz CT molecular complexity index is 425. The third-order valence-corrected chi connectivity index (χ3v) is 4.71. The maximum Gasteiger partial charge on any atom is 0.126 e. The van der Waals surface area contributed by atoms with Crippen molar-refractivity contribution in [3.05, 3.63) is 16.9 Å². The average Bonchev–Trinajstić information content (AvgIpc) is 2.80. The Morgan fingerprint density at radius 3 is 2.74 bits per heavy atom.